The largest absolute Gasteiger partial charge is 0.407 e. The number of Topliss-reactive ketones (excluding diaryl/α,β-unsaturated/α-hetero) is 1. The van der Waals surface area contributed by atoms with Crippen molar-refractivity contribution in [3.8, 4) is 0 Å². The minimum absolute atomic E-state index is 0.0551. The van der Waals surface area contributed by atoms with Crippen molar-refractivity contribution >= 4 is 16.7 Å². The number of fused-ring (bicyclic) bond motifs is 1. The second kappa shape index (κ2) is 3.89. The quantitative estimate of drug-likeness (QED) is 0.767. The van der Waals surface area contributed by atoms with Crippen LogP contribution in [-0.4, -0.2) is 10.8 Å². The van der Waals surface area contributed by atoms with E-state index in [9.17, 15) is 9.59 Å². The van der Waals surface area contributed by atoms with Gasteiger partial charge in [0.05, 0.1) is 17.3 Å². The molecular formula is C12H11NO3. The molecule has 2 aromatic rings. The average Bonchev–Trinajstić information content (AvgIpc) is 2.19. The highest BCUT2D eigenvalue weighted by molar-refractivity contribution is 5.81. The minimum atomic E-state index is -0.440. The molecule has 2 rings (SSSR count). The highest BCUT2D eigenvalue weighted by Gasteiger charge is 2.09. The van der Waals surface area contributed by atoms with Gasteiger partial charge in [0, 0.05) is 0 Å². The number of nitrogens with zero attached hydrogens (tertiary/aromatic N) is 1. The minimum Gasteiger partial charge on any atom is -0.407 e. The van der Waals surface area contributed by atoms with Crippen molar-refractivity contribution in [3.63, 3.8) is 0 Å². The first-order valence-corrected chi connectivity index (χ1v) is 4.96. The van der Waals surface area contributed by atoms with Crippen LogP contribution < -0.4 is 5.63 Å². The Kier molecular flexibility index (Phi) is 2.56. The Morgan fingerprint density at radius 2 is 2.19 bits per heavy atom. The number of carbonyl (C=O) groups is 1. The van der Waals surface area contributed by atoms with Crippen LogP contribution in [0.2, 0.25) is 0 Å². The SMILES string of the molecule is CC(=O)Cc1nc2c(C)cccc2c(=O)o1. The van der Waals surface area contributed by atoms with E-state index in [1.54, 1.807) is 12.1 Å². The molecule has 0 aliphatic rings. The van der Waals surface area contributed by atoms with Crippen molar-refractivity contribution in [2.75, 3.05) is 0 Å². The highest BCUT2D eigenvalue weighted by Crippen LogP contribution is 2.13. The maximum absolute atomic E-state index is 11.6. The molecule has 0 fully saturated rings. The molecule has 0 amide bonds. The highest BCUT2D eigenvalue weighted by atomic mass is 16.4. The van der Waals surface area contributed by atoms with Crippen molar-refractivity contribution in [2.24, 2.45) is 0 Å². The van der Waals surface area contributed by atoms with E-state index in [4.69, 9.17) is 4.42 Å². The second-order valence-corrected chi connectivity index (χ2v) is 3.74. The number of carbonyl (C=O) groups excluding carboxylic acids is 1. The van der Waals surface area contributed by atoms with Crippen LogP contribution in [0.15, 0.2) is 27.4 Å². The number of rotatable bonds is 2. The molecular weight excluding hydrogens is 206 g/mol. The second-order valence-electron chi connectivity index (χ2n) is 3.74. The predicted molar refractivity (Wildman–Crippen MR) is 59.4 cm³/mol. The molecule has 1 heterocycles. The first kappa shape index (κ1) is 10.5. The number of para-hydroxylation sites is 1. The Morgan fingerprint density at radius 3 is 2.88 bits per heavy atom. The Labute approximate surface area is 91.9 Å². The van der Waals surface area contributed by atoms with E-state index < -0.39 is 5.63 Å². The van der Waals surface area contributed by atoms with Crippen LogP contribution in [0.3, 0.4) is 0 Å². The molecule has 0 aliphatic heterocycles. The standard InChI is InChI=1S/C12H11NO3/c1-7-4-3-5-9-11(7)13-10(6-8(2)14)16-12(9)15/h3-5H,6H2,1-2H3. The van der Waals surface area contributed by atoms with Gasteiger partial charge in [-0.3, -0.25) is 4.79 Å². The summed E-state index contributed by atoms with van der Waals surface area (Å²) in [5, 5.41) is 0.451. The van der Waals surface area contributed by atoms with E-state index >= 15 is 0 Å². The molecule has 82 valence electrons. The Bertz CT molecular complexity index is 613. The number of benzene rings is 1. The van der Waals surface area contributed by atoms with Crippen LogP contribution in [0.25, 0.3) is 10.9 Å². The molecule has 1 aromatic heterocycles. The van der Waals surface area contributed by atoms with Crippen molar-refractivity contribution < 1.29 is 9.21 Å². The summed E-state index contributed by atoms with van der Waals surface area (Å²) in [6.07, 6.45) is 0.0551. The van der Waals surface area contributed by atoms with Gasteiger partial charge in [-0.05, 0) is 25.5 Å². The number of aromatic nitrogens is 1. The van der Waals surface area contributed by atoms with Crippen LogP contribution in [0.4, 0.5) is 0 Å². The van der Waals surface area contributed by atoms with Crippen molar-refractivity contribution in [2.45, 2.75) is 20.3 Å². The molecule has 0 aliphatic carbocycles. The molecule has 0 N–H and O–H groups in total. The number of hydrogen-bond donors (Lipinski definition) is 0. The predicted octanol–water partition coefficient (Wildman–Crippen LogP) is 1.63. The van der Waals surface area contributed by atoms with Gasteiger partial charge in [-0.2, -0.15) is 0 Å². The van der Waals surface area contributed by atoms with Gasteiger partial charge < -0.3 is 4.42 Å². The van der Waals surface area contributed by atoms with Gasteiger partial charge in [0.25, 0.3) is 0 Å². The molecule has 0 radical (unpaired) electrons. The lowest BCUT2D eigenvalue weighted by atomic mass is 10.1. The van der Waals surface area contributed by atoms with Gasteiger partial charge in [0.2, 0.25) is 5.89 Å². The summed E-state index contributed by atoms with van der Waals surface area (Å²) in [5.74, 6) is 0.0999. The smallest absolute Gasteiger partial charge is 0.346 e. The molecule has 0 saturated carbocycles. The van der Waals surface area contributed by atoms with E-state index in [0.717, 1.165) is 5.56 Å². The fraction of sp³-hybridized carbons (Fsp3) is 0.250. The number of aryl methyl sites for hydroxylation is 1. The van der Waals surface area contributed by atoms with Crippen molar-refractivity contribution in [3.05, 3.63) is 40.1 Å². The van der Waals surface area contributed by atoms with Crippen molar-refractivity contribution in [1.82, 2.24) is 4.98 Å². The monoisotopic (exact) mass is 217 g/mol. The summed E-state index contributed by atoms with van der Waals surface area (Å²) in [5.41, 5.74) is 1.06. The average molecular weight is 217 g/mol. The fourth-order valence-corrected chi connectivity index (χ4v) is 1.57. The zero-order valence-corrected chi connectivity index (χ0v) is 9.11. The maximum Gasteiger partial charge on any atom is 0.346 e. The van der Waals surface area contributed by atoms with E-state index in [2.05, 4.69) is 4.98 Å². The third-order valence-electron chi connectivity index (χ3n) is 2.30. The fourth-order valence-electron chi connectivity index (χ4n) is 1.57. The van der Waals surface area contributed by atoms with E-state index in [0.29, 0.717) is 10.9 Å². The summed E-state index contributed by atoms with van der Waals surface area (Å²) in [7, 11) is 0. The van der Waals surface area contributed by atoms with Gasteiger partial charge >= 0.3 is 5.63 Å². The first-order valence-electron chi connectivity index (χ1n) is 4.96. The maximum atomic E-state index is 11.6. The lowest BCUT2D eigenvalue weighted by Crippen LogP contribution is -2.08. The van der Waals surface area contributed by atoms with Crippen molar-refractivity contribution in [1.29, 1.82) is 0 Å². The van der Waals surface area contributed by atoms with Crippen LogP contribution in [0, 0.1) is 6.92 Å². The van der Waals surface area contributed by atoms with Gasteiger partial charge in [-0.15, -0.1) is 0 Å². The third-order valence-corrected chi connectivity index (χ3v) is 2.30. The Balaban J connectivity index is 2.70. The lowest BCUT2D eigenvalue weighted by Gasteiger charge is -2.01. The Hall–Kier alpha value is -1.97. The van der Waals surface area contributed by atoms with Gasteiger partial charge in [0.1, 0.15) is 5.78 Å². The summed E-state index contributed by atoms with van der Waals surface area (Å²) in [6.45, 7) is 3.30. The van der Waals surface area contributed by atoms with E-state index in [-0.39, 0.29) is 18.1 Å². The Morgan fingerprint density at radius 1 is 1.44 bits per heavy atom. The van der Waals surface area contributed by atoms with Crippen LogP contribution in [-0.2, 0) is 11.2 Å². The third kappa shape index (κ3) is 1.86. The lowest BCUT2D eigenvalue weighted by molar-refractivity contribution is -0.116. The first-order chi connectivity index (χ1) is 7.58. The molecule has 4 nitrogen and oxygen atoms in total. The topological polar surface area (TPSA) is 60.2 Å². The number of ketones is 1. The zero-order chi connectivity index (χ0) is 11.7. The summed E-state index contributed by atoms with van der Waals surface area (Å²) >= 11 is 0. The molecule has 16 heavy (non-hydrogen) atoms. The van der Waals surface area contributed by atoms with E-state index in [1.165, 1.54) is 6.92 Å². The van der Waals surface area contributed by atoms with Gasteiger partial charge in [-0.25, -0.2) is 9.78 Å². The molecule has 0 atom stereocenters. The van der Waals surface area contributed by atoms with Gasteiger partial charge in [0.15, 0.2) is 0 Å². The zero-order valence-electron chi connectivity index (χ0n) is 9.11. The van der Waals surface area contributed by atoms with Crippen LogP contribution >= 0.6 is 0 Å². The van der Waals surface area contributed by atoms with Gasteiger partial charge in [-0.1, -0.05) is 12.1 Å². The molecule has 0 bridgehead atoms. The molecule has 0 unspecified atom stereocenters. The molecule has 0 saturated heterocycles. The molecule has 1 aromatic carbocycles. The van der Waals surface area contributed by atoms with E-state index in [1.807, 2.05) is 13.0 Å². The van der Waals surface area contributed by atoms with Crippen LogP contribution in [0.1, 0.15) is 18.4 Å². The number of hydrogen-bond acceptors (Lipinski definition) is 4. The normalized spacial score (nSPS) is 10.6. The molecule has 0 spiro atoms. The summed E-state index contributed by atoms with van der Waals surface area (Å²) in [6, 6.07) is 5.31. The summed E-state index contributed by atoms with van der Waals surface area (Å²) < 4.78 is 4.97. The van der Waals surface area contributed by atoms with Crippen LogP contribution in [0.5, 0.6) is 0 Å². The summed E-state index contributed by atoms with van der Waals surface area (Å²) in [4.78, 5) is 26.7. The molecule has 4 heteroatoms.